The summed E-state index contributed by atoms with van der Waals surface area (Å²) in [6.45, 7) is 2.29. The van der Waals surface area contributed by atoms with Crippen LogP contribution in [0, 0.1) is 0 Å². The standard InChI is InChI=1S/C13H22N2O2S/c1-12(15-18(16,17)11-5-10-14)8-9-13-6-3-2-4-7-13/h2-4,6-7,12,15H,5,8-11,14H2,1H3. The molecule has 4 nitrogen and oxygen atoms in total. The fraction of sp³-hybridized carbons (Fsp3) is 0.538. The summed E-state index contributed by atoms with van der Waals surface area (Å²) in [6, 6.07) is 10.0. The summed E-state index contributed by atoms with van der Waals surface area (Å²) < 4.78 is 26.0. The molecule has 0 amide bonds. The van der Waals surface area contributed by atoms with Crippen molar-refractivity contribution in [1.29, 1.82) is 0 Å². The lowest BCUT2D eigenvalue weighted by molar-refractivity contribution is 0.545. The van der Waals surface area contributed by atoms with Crippen LogP contribution in [0.2, 0.25) is 0 Å². The molecule has 1 aromatic rings. The molecule has 0 aliphatic heterocycles. The maximum absolute atomic E-state index is 11.6. The maximum Gasteiger partial charge on any atom is 0.211 e. The van der Waals surface area contributed by atoms with Gasteiger partial charge < -0.3 is 5.73 Å². The zero-order valence-electron chi connectivity index (χ0n) is 10.8. The summed E-state index contributed by atoms with van der Waals surface area (Å²) >= 11 is 0. The lowest BCUT2D eigenvalue weighted by atomic mass is 10.1. The highest BCUT2D eigenvalue weighted by atomic mass is 32.2. The van der Waals surface area contributed by atoms with E-state index in [1.807, 2.05) is 25.1 Å². The van der Waals surface area contributed by atoms with E-state index in [2.05, 4.69) is 16.9 Å². The van der Waals surface area contributed by atoms with Crippen LogP contribution in [0.4, 0.5) is 0 Å². The van der Waals surface area contributed by atoms with Gasteiger partial charge in [0.2, 0.25) is 10.0 Å². The van der Waals surface area contributed by atoms with E-state index in [0.29, 0.717) is 13.0 Å². The summed E-state index contributed by atoms with van der Waals surface area (Å²) in [5.74, 6) is 0.110. The van der Waals surface area contributed by atoms with Gasteiger partial charge in [0.25, 0.3) is 0 Å². The molecular weight excluding hydrogens is 248 g/mol. The smallest absolute Gasteiger partial charge is 0.211 e. The highest BCUT2D eigenvalue weighted by Gasteiger charge is 2.13. The Bertz CT molecular complexity index is 432. The number of hydrogen-bond acceptors (Lipinski definition) is 3. The van der Waals surface area contributed by atoms with Crippen LogP contribution in [-0.4, -0.2) is 26.8 Å². The van der Waals surface area contributed by atoms with Gasteiger partial charge in [0, 0.05) is 6.04 Å². The van der Waals surface area contributed by atoms with Crippen LogP contribution in [0.5, 0.6) is 0 Å². The van der Waals surface area contributed by atoms with E-state index in [1.54, 1.807) is 0 Å². The second kappa shape index (κ2) is 7.51. The van der Waals surface area contributed by atoms with E-state index in [0.717, 1.165) is 12.8 Å². The molecule has 102 valence electrons. The average molecular weight is 270 g/mol. The molecular formula is C13H22N2O2S. The monoisotopic (exact) mass is 270 g/mol. The van der Waals surface area contributed by atoms with E-state index >= 15 is 0 Å². The summed E-state index contributed by atoms with van der Waals surface area (Å²) in [5, 5.41) is 0. The van der Waals surface area contributed by atoms with Gasteiger partial charge in [-0.3, -0.25) is 0 Å². The minimum atomic E-state index is -3.18. The first-order valence-corrected chi connectivity index (χ1v) is 7.93. The van der Waals surface area contributed by atoms with Gasteiger partial charge in [0.05, 0.1) is 5.75 Å². The van der Waals surface area contributed by atoms with Crippen molar-refractivity contribution in [1.82, 2.24) is 4.72 Å². The quantitative estimate of drug-likeness (QED) is 0.747. The predicted molar refractivity (Wildman–Crippen MR) is 74.8 cm³/mol. The SMILES string of the molecule is CC(CCc1ccccc1)NS(=O)(=O)CCCN. The average Bonchev–Trinajstić information content (AvgIpc) is 2.35. The molecule has 1 atom stereocenters. The molecule has 3 N–H and O–H groups in total. The molecule has 1 unspecified atom stereocenters. The Labute approximate surface area is 110 Å². The van der Waals surface area contributed by atoms with E-state index in [1.165, 1.54) is 5.56 Å². The topological polar surface area (TPSA) is 72.2 Å². The molecule has 0 saturated carbocycles. The number of nitrogens with two attached hydrogens (primary N) is 1. The van der Waals surface area contributed by atoms with Crippen LogP contribution >= 0.6 is 0 Å². The lowest BCUT2D eigenvalue weighted by Gasteiger charge is -2.14. The van der Waals surface area contributed by atoms with Crippen molar-refractivity contribution in [3.05, 3.63) is 35.9 Å². The van der Waals surface area contributed by atoms with Gasteiger partial charge in [-0.2, -0.15) is 0 Å². The highest BCUT2D eigenvalue weighted by molar-refractivity contribution is 7.89. The Balaban J connectivity index is 2.35. The van der Waals surface area contributed by atoms with Gasteiger partial charge in [0.15, 0.2) is 0 Å². The second-order valence-corrected chi connectivity index (χ2v) is 6.38. The van der Waals surface area contributed by atoms with Gasteiger partial charge in [-0.25, -0.2) is 13.1 Å². The molecule has 0 bridgehead atoms. The molecule has 5 heteroatoms. The molecule has 0 aliphatic carbocycles. The van der Waals surface area contributed by atoms with Crippen molar-refractivity contribution in [3.8, 4) is 0 Å². The van der Waals surface area contributed by atoms with E-state index < -0.39 is 10.0 Å². The molecule has 1 rings (SSSR count). The minimum Gasteiger partial charge on any atom is -0.330 e. The Morgan fingerprint density at radius 1 is 1.28 bits per heavy atom. The second-order valence-electron chi connectivity index (χ2n) is 4.50. The van der Waals surface area contributed by atoms with Gasteiger partial charge in [-0.05, 0) is 38.3 Å². The highest BCUT2D eigenvalue weighted by Crippen LogP contribution is 2.05. The summed E-state index contributed by atoms with van der Waals surface area (Å²) in [7, 11) is -3.18. The Morgan fingerprint density at radius 3 is 2.56 bits per heavy atom. The van der Waals surface area contributed by atoms with Crippen LogP contribution in [0.15, 0.2) is 30.3 Å². The maximum atomic E-state index is 11.6. The van der Waals surface area contributed by atoms with E-state index in [9.17, 15) is 8.42 Å². The number of aryl methyl sites for hydroxylation is 1. The first-order valence-electron chi connectivity index (χ1n) is 6.27. The third-order valence-corrected chi connectivity index (χ3v) is 4.29. The molecule has 0 fully saturated rings. The van der Waals surface area contributed by atoms with Crippen LogP contribution in [0.3, 0.4) is 0 Å². The van der Waals surface area contributed by atoms with E-state index in [4.69, 9.17) is 5.73 Å². The molecule has 1 aromatic carbocycles. The third-order valence-electron chi connectivity index (χ3n) is 2.71. The minimum absolute atomic E-state index is 0.0482. The molecule has 0 saturated heterocycles. The lowest BCUT2D eigenvalue weighted by Crippen LogP contribution is -2.35. The van der Waals surface area contributed by atoms with Gasteiger partial charge in [-0.15, -0.1) is 0 Å². The normalized spacial score (nSPS) is 13.4. The molecule has 0 radical (unpaired) electrons. The van der Waals surface area contributed by atoms with Crippen molar-refractivity contribution in [3.63, 3.8) is 0 Å². The molecule has 18 heavy (non-hydrogen) atoms. The predicted octanol–water partition coefficient (Wildman–Crippen LogP) is 1.28. The molecule has 0 heterocycles. The first-order chi connectivity index (χ1) is 8.53. The van der Waals surface area contributed by atoms with Crippen molar-refractivity contribution < 1.29 is 8.42 Å². The summed E-state index contributed by atoms with van der Waals surface area (Å²) in [4.78, 5) is 0. The fourth-order valence-corrected chi connectivity index (χ4v) is 3.12. The molecule has 0 aliphatic rings. The zero-order chi connectivity index (χ0) is 13.4. The van der Waals surface area contributed by atoms with Gasteiger partial charge in [0.1, 0.15) is 0 Å². The van der Waals surface area contributed by atoms with Gasteiger partial charge >= 0.3 is 0 Å². The van der Waals surface area contributed by atoms with Crippen molar-refractivity contribution in [2.45, 2.75) is 32.2 Å². The van der Waals surface area contributed by atoms with Crippen LogP contribution < -0.4 is 10.5 Å². The van der Waals surface area contributed by atoms with E-state index in [-0.39, 0.29) is 11.8 Å². The molecule has 0 aromatic heterocycles. The Morgan fingerprint density at radius 2 is 1.94 bits per heavy atom. The molecule has 0 spiro atoms. The van der Waals surface area contributed by atoms with Crippen LogP contribution in [-0.2, 0) is 16.4 Å². The van der Waals surface area contributed by atoms with Crippen LogP contribution in [0.25, 0.3) is 0 Å². The third kappa shape index (κ3) is 6.14. The Hall–Kier alpha value is -0.910. The van der Waals surface area contributed by atoms with Gasteiger partial charge in [-0.1, -0.05) is 30.3 Å². The van der Waals surface area contributed by atoms with Crippen molar-refractivity contribution in [2.75, 3.05) is 12.3 Å². The summed E-state index contributed by atoms with van der Waals surface area (Å²) in [6.07, 6.45) is 2.17. The fourth-order valence-electron chi connectivity index (χ4n) is 1.73. The van der Waals surface area contributed by atoms with Crippen molar-refractivity contribution >= 4 is 10.0 Å². The van der Waals surface area contributed by atoms with Crippen LogP contribution in [0.1, 0.15) is 25.3 Å². The number of hydrogen-bond donors (Lipinski definition) is 2. The number of sulfonamides is 1. The summed E-state index contributed by atoms with van der Waals surface area (Å²) in [5.41, 5.74) is 6.54. The first kappa shape index (κ1) is 15.1. The Kier molecular flexibility index (Phi) is 6.32. The zero-order valence-corrected chi connectivity index (χ0v) is 11.6. The number of rotatable bonds is 8. The largest absolute Gasteiger partial charge is 0.330 e. The van der Waals surface area contributed by atoms with Crippen molar-refractivity contribution in [2.24, 2.45) is 5.73 Å². The number of benzene rings is 1. The number of nitrogens with one attached hydrogen (secondary N) is 1.